The lowest BCUT2D eigenvalue weighted by Gasteiger charge is -2.09. The highest BCUT2D eigenvalue weighted by molar-refractivity contribution is 6.43. The van der Waals surface area contributed by atoms with Crippen molar-refractivity contribution in [2.45, 2.75) is 6.92 Å². The molecule has 0 radical (unpaired) electrons. The van der Waals surface area contributed by atoms with E-state index >= 15 is 0 Å². The monoisotopic (exact) mass is 362 g/mol. The van der Waals surface area contributed by atoms with Gasteiger partial charge in [-0.1, -0.05) is 24.3 Å². The quantitative estimate of drug-likeness (QED) is 0.482. The van der Waals surface area contributed by atoms with E-state index in [1.807, 2.05) is 37.3 Å². The van der Waals surface area contributed by atoms with Crippen LogP contribution in [0, 0.1) is 6.92 Å². The molecule has 0 unspecified atom stereocenters. The number of benzene rings is 3. The summed E-state index contributed by atoms with van der Waals surface area (Å²) in [6.07, 6.45) is 0. The molecule has 2 amide bonds. The number of hydrogen-bond acceptors (Lipinski definition) is 4. The van der Waals surface area contributed by atoms with Crippen LogP contribution >= 0.6 is 0 Å². The molecule has 0 spiro atoms. The Hall–Kier alpha value is -3.80. The zero-order valence-electron chi connectivity index (χ0n) is 14.6. The zero-order valence-corrected chi connectivity index (χ0v) is 14.6. The molecule has 0 heterocycles. The predicted octanol–water partition coefficient (Wildman–Crippen LogP) is 4.07. The van der Waals surface area contributed by atoms with Crippen LogP contribution in [0.4, 0.5) is 11.4 Å². The van der Waals surface area contributed by atoms with E-state index in [1.165, 1.54) is 6.07 Å². The molecule has 3 rings (SSSR count). The first kappa shape index (κ1) is 18.0. The number of carbonyl (C=O) groups is 2. The number of phenolic OH excluding ortho intramolecular Hbond substituents is 1. The second-order valence-corrected chi connectivity index (χ2v) is 5.87. The molecule has 136 valence electrons. The lowest BCUT2D eigenvalue weighted by atomic mass is 10.2. The minimum absolute atomic E-state index is 0.107. The van der Waals surface area contributed by atoms with Crippen LogP contribution < -0.4 is 15.4 Å². The van der Waals surface area contributed by atoms with E-state index in [9.17, 15) is 14.7 Å². The van der Waals surface area contributed by atoms with Crippen LogP contribution in [0.1, 0.15) is 5.56 Å². The Bertz CT molecular complexity index is 954. The number of nitrogens with one attached hydrogen (secondary N) is 2. The molecule has 6 heteroatoms. The summed E-state index contributed by atoms with van der Waals surface area (Å²) in [7, 11) is 0. The molecule has 27 heavy (non-hydrogen) atoms. The van der Waals surface area contributed by atoms with Crippen molar-refractivity contribution >= 4 is 23.2 Å². The van der Waals surface area contributed by atoms with E-state index in [0.717, 1.165) is 5.56 Å². The minimum Gasteiger partial charge on any atom is -0.506 e. The van der Waals surface area contributed by atoms with E-state index in [2.05, 4.69) is 10.6 Å². The number of aryl methyl sites for hydroxylation is 1. The lowest BCUT2D eigenvalue weighted by Crippen LogP contribution is -2.29. The van der Waals surface area contributed by atoms with Crippen LogP contribution in [0.25, 0.3) is 0 Å². The topological polar surface area (TPSA) is 87.7 Å². The summed E-state index contributed by atoms with van der Waals surface area (Å²) >= 11 is 0. The van der Waals surface area contributed by atoms with Crippen LogP contribution in [0.2, 0.25) is 0 Å². The van der Waals surface area contributed by atoms with Gasteiger partial charge in [-0.2, -0.15) is 0 Å². The van der Waals surface area contributed by atoms with Gasteiger partial charge in [-0.15, -0.1) is 0 Å². The van der Waals surface area contributed by atoms with Gasteiger partial charge in [0.2, 0.25) is 0 Å². The number of carbonyl (C=O) groups excluding carboxylic acids is 2. The molecular weight excluding hydrogens is 344 g/mol. The number of para-hydroxylation sites is 1. The Kier molecular flexibility index (Phi) is 5.37. The van der Waals surface area contributed by atoms with Gasteiger partial charge in [-0.3, -0.25) is 9.59 Å². The van der Waals surface area contributed by atoms with Gasteiger partial charge in [0.1, 0.15) is 17.2 Å². The number of amides is 2. The molecule has 6 nitrogen and oxygen atoms in total. The predicted molar refractivity (Wildman–Crippen MR) is 103 cm³/mol. The SMILES string of the molecule is Cc1ccc(O)c(NC(=O)C(=O)Nc2ccc(Oc3ccccc3)cc2)c1. The highest BCUT2D eigenvalue weighted by atomic mass is 16.5. The third kappa shape index (κ3) is 4.85. The molecule has 3 N–H and O–H groups in total. The summed E-state index contributed by atoms with van der Waals surface area (Å²) in [5, 5.41) is 14.6. The zero-order chi connectivity index (χ0) is 19.2. The number of hydrogen-bond donors (Lipinski definition) is 3. The minimum atomic E-state index is -0.875. The van der Waals surface area contributed by atoms with Crippen molar-refractivity contribution in [3.8, 4) is 17.2 Å². The fourth-order valence-electron chi connectivity index (χ4n) is 2.35. The fraction of sp³-hybridized carbons (Fsp3) is 0.0476. The van der Waals surface area contributed by atoms with E-state index in [-0.39, 0.29) is 11.4 Å². The fourth-order valence-corrected chi connectivity index (χ4v) is 2.35. The van der Waals surface area contributed by atoms with E-state index in [0.29, 0.717) is 17.2 Å². The lowest BCUT2D eigenvalue weighted by molar-refractivity contribution is -0.133. The summed E-state index contributed by atoms with van der Waals surface area (Å²) < 4.78 is 5.67. The maximum Gasteiger partial charge on any atom is 0.314 e. The molecule has 0 saturated carbocycles. The van der Waals surface area contributed by atoms with Crippen molar-refractivity contribution in [2.75, 3.05) is 10.6 Å². The third-order valence-electron chi connectivity index (χ3n) is 3.70. The summed E-state index contributed by atoms with van der Waals surface area (Å²) in [6.45, 7) is 1.81. The van der Waals surface area contributed by atoms with Gasteiger partial charge in [0, 0.05) is 5.69 Å². The molecule has 0 aromatic heterocycles. The molecule has 3 aromatic rings. The van der Waals surface area contributed by atoms with Crippen LogP contribution in [0.15, 0.2) is 72.8 Å². The summed E-state index contributed by atoms with van der Waals surface area (Å²) in [5.74, 6) is -0.516. The van der Waals surface area contributed by atoms with Crippen molar-refractivity contribution < 1.29 is 19.4 Å². The van der Waals surface area contributed by atoms with Gasteiger partial charge >= 0.3 is 11.8 Å². The maximum absolute atomic E-state index is 12.1. The summed E-state index contributed by atoms with van der Waals surface area (Å²) in [5.41, 5.74) is 1.48. The van der Waals surface area contributed by atoms with Gasteiger partial charge in [0.25, 0.3) is 0 Å². The average molecular weight is 362 g/mol. The Morgan fingerprint density at radius 1 is 0.815 bits per heavy atom. The molecule has 0 aliphatic carbocycles. The van der Waals surface area contributed by atoms with Gasteiger partial charge in [-0.25, -0.2) is 0 Å². The van der Waals surface area contributed by atoms with Crippen molar-refractivity contribution in [1.29, 1.82) is 0 Å². The Balaban J connectivity index is 1.60. The van der Waals surface area contributed by atoms with Crippen LogP contribution in [0.5, 0.6) is 17.2 Å². The first-order chi connectivity index (χ1) is 13.0. The van der Waals surface area contributed by atoms with Crippen LogP contribution in [-0.4, -0.2) is 16.9 Å². The van der Waals surface area contributed by atoms with E-state index in [1.54, 1.807) is 36.4 Å². The molecule has 0 fully saturated rings. The van der Waals surface area contributed by atoms with Crippen LogP contribution in [-0.2, 0) is 9.59 Å². The second kappa shape index (κ2) is 8.05. The first-order valence-electron chi connectivity index (χ1n) is 8.26. The molecule has 3 aromatic carbocycles. The van der Waals surface area contributed by atoms with Gasteiger partial charge in [0.15, 0.2) is 0 Å². The van der Waals surface area contributed by atoms with Gasteiger partial charge in [-0.05, 0) is 61.0 Å². The molecular formula is C21H18N2O4. The van der Waals surface area contributed by atoms with Gasteiger partial charge in [0.05, 0.1) is 5.69 Å². The van der Waals surface area contributed by atoms with Crippen molar-refractivity contribution in [2.24, 2.45) is 0 Å². The van der Waals surface area contributed by atoms with Crippen LogP contribution in [0.3, 0.4) is 0 Å². The highest BCUT2D eigenvalue weighted by Gasteiger charge is 2.16. The van der Waals surface area contributed by atoms with Gasteiger partial charge < -0.3 is 20.5 Å². The molecule has 0 saturated heterocycles. The normalized spacial score (nSPS) is 10.1. The standard InChI is InChI=1S/C21H18N2O4/c1-14-7-12-19(24)18(13-14)23-21(26)20(25)22-15-8-10-17(11-9-15)27-16-5-3-2-4-6-16/h2-13,24H,1H3,(H,22,25)(H,23,26). The van der Waals surface area contributed by atoms with E-state index < -0.39 is 11.8 Å². The Labute approximate surface area is 156 Å². The number of rotatable bonds is 4. The van der Waals surface area contributed by atoms with E-state index in [4.69, 9.17) is 4.74 Å². The largest absolute Gasteiger partial charge is 0.506 e. The average Bonchev–Trinajstić information content (AvgIpc) is 2.67. The number of aromatic hydroxyl groups is 1. The van der Waals surface area contributed by atoms with Crippen molar-refractivity contribution in [3.05, 3.63) is 78.4 Å². The summed E-state index contributed by atoms with van der Waals surface area (Å²) in [6, 6.07) is 20.7. The third-order valence-corrected chi connectivity index (χ3v) is 3.70. The van der Waals surface area contributed by atoms with Crippen molar-refractivity contribution in [1.82, 2.24) is 0 Å². The number of phenols is 1. The molecule has 0 aliphatic heterocycles. The Morgan fingerprint density at radius 2 is 1.44 bits per heavy atom. The molecule has 0 bridgehead atoms. The number of ether oxygens (including phenoxy) is 1. The molecule has 0 atom stereocenters. The first-order valence-corrected chi connectivity index (χ1v) is 8.26. The smallest absolute Gasteiger partial charge is 0.314 e. The highest BCUT2D eigenvalue weighted by Crippen LogP contribution is 2.24. The second-order valence-electron chi connectivity index (χ2n) is 5.87. The summed E-state index contributed by atoms with van der Waals surface area (Å²) in [4.78, 5) is 24.1. The molecule has 0 aliphatic rings. The Morgan fingerprint density at radius 3 is 2.15 bits per heavy atom. The number of anilines is 2. The van der Waals surface area contributed by atoms with Crippen molar-refractivity contribution in [3.63, 3.8) is 0 Å². The maximum atomic E-state index is 12.1.